The molecule has 102 valence electrons. The predicted molar refractivity (Wildman–Crippen MR) is 72.1 cm³/mol. The van der Waals surface area contributed by atoms with E-state index >= 15 is 0 Å². The van der Waals surface area contributed by atoms with E-state index in [4.69, 9.17) is 14.2 Å². The molecule has 0 unspecified atom stereocenters. The Hall–Kier alpha value is -1.26. The van der Waals surface area contributed by atoms with E-state index in [0.717, 1.165) is 23.6 Å². The van der Waals surface area contributed by atoms with E-state index in [1.165, 1.54) is 0 Å². The number of nitrogens with one attached hydrogen (secondary N) is 1. The SMILES string of the molecule is CCOCOc1cc(OC)ccc1CNC(C)C. The Labute approximate surface area is 109 Å². The van der Waals surface area contributed by atoms with Gasteiger partial charge in [-0.05, 0) is 13.0 Å². The van der Waals surface area contributed by atoms with Crippen molar-refractivity contribution in [2.24, 2.45) is 0 Å². The van der Waals surface area contributed by atoms with Crippen LogP contribution in [0, 0.1) is 0 Å². The van der Waals surface area contributed by atoms with Gasteiger partial charge in [0.15, 0.2) is 6.79 Å². The molecule has 0 aliphatic rings. The summed E-state index contributed by atoms with van der Waals surface area (Å²) < 4.78 is 16.0. The highest BCUT2D eigenvalue weighted by Gasteiger charge is 2.06. The van der Waals surface area contributed by atoms with Crippen molar-refractivity contribution in [2.45, 2.75) is 33.4 Å². The van der Waals surface area contributed by atoms with Crippen molar-refractivity contribution in [1.29, 1.82) is 0 Å². The number of methoxy groups -OCH3 is 1. The van der Waals surface area contributed by atoms with Crippen LogP contribution >= 0.6 is 0 Å². The van der Waals surface area contributed by atoms with Crippen LogP contribution in [-0.2, 0) is 11.3 Å². The Balaban J connectivity index is 2.72. The third kappa shape index (κ3) is 4.94. The molecule has 0 aliphatic heterocycles. The standard InChI is InChI=1S/C14H23NO3/c1-5-17-10-18-14-8-13(16-4)7-6-12(14)9-15-11(2)3/h6-8,11,15H,5,9-10H2,1-4H3. The van der Waals surface area contributed by atoms with Gasteiger partial charge < -0.3 is 19.5 Å². The van der Waals surface area contributed by atoms with Crippen LogP contribution in [0.4, 0.5) is 0 Å². The molecule has 4 nitrogen and oxygen atoms in total. The fraction of sp³-hybridized carbons (Fsp3) is 0.571. The van der Waals surface area contributed by atoms with Crippen molar-refractivity contribution in [3.05, 3.63) is 23.8 Å². The molecule has 0 radical (unpaired) electrons. The lowest BCUT2D eigenvalue weighted by Crippen LogP contribution is -2.22. The first-order valence-electron chi connectivity index (χ1n) is 6.28. The van der Waals surface area contributed by atoms with Gasteiger partial charge >= 0.3 is 0 Å². The molecule has 0 aliphatic carbocycles. The van der Waals surface area contributed by atoms with E-state index in [9.17, 15) is 0 Å². The summed E-state index contributed by atoms with van der Waals surface area (Å²) in [4.78, 5) is 0. The molecular weight excluding hydrogens is 230 g/mol. The third-order valence-electron chi connectivity index (χ3n) is 2.48. The average molecular weight is 253 g/mol. The molecule has 0 atom stereocenters. The number of rotatable bonds is 8. The van der Waals surface area contributed by atoms with Crippen LogP contribution in [0.25, 0.3) is 0 Å². The number of hydrogen-bond donors (Lipinski definition) is 1. The summed E-state index contributed by atoms with van der Waals surface area (Å²) >= 11 is 0. The first kappa shape index (κ1) is 14.8. The van der Waals surface area contributed by atoms with E-state index < -0.39 is 0 Å². The molecule has 0 heterocycles. The van der Waals surface area contributed by atoms with Gasteiger partial charge in [0.1, 0.15) is 11.5 Å². The Morgan fingerprint density at radius 2 is 2.06 bits per heavy atom. The minimum Gasteiger partial charge on any atom is -0.497 e. The van der Waals surface area contributed by atoms with Gasteiger partial charge in [-0.2, -0.15) is 0 Å². The zero-order chi connectivity index (χ0) is 13.4. The summed E-state index contributed by atoms with van der Waals surface area (Å²) in [6.45, 7) is 7.84. The molecular formula is C14H23NO3. The van der Waals surface area contributed by atoms with Crippen LogP contribution in [0.3, 0.4) is 0 Å². The molecule has 18 heavy (non-hydrogen) atoms. The maximum Gasteiger partial charge on any atom is 0.189 e. The summed E-state index contributed by atoms with van der Waals surface area (Å²) in [5.74, 6) is 1.59. The van der Waals surface area contributed by atoms with Crippen molar-refractivity contribution >= 4 is 0 Å². The summed E-state index contributed by atoms with van der Waals surface area (Å²) in [6.07, 6.45) is 0. The van der Waals surface area contributed by atoms with Gasteiger partial charge in [0, 0.05) is 30.8 Å². The smallest absolute Gasteiger partial charge is 0.189 e. The number of hydrogen-bond acceptors (Lipinski definition) is 4. The van der Waals surface area contributed by atoms with Gasteiger partial charge in [0.05, 0.1) is 7.11 Å². The van der Waals surface area contributed by atoms with Crippen molar-refractivity contribution < 1.29 is 14.2 Å². The Bertz CT molecular complexity index is 353. The maximum absolute atomic E-state index is 5.61. The van der Waals surface area contributed by atoms with Gasteiger partial charge in [0.2, 0.25) is 0 Å². The lowest BCUT2D eigenvalue weighted by atomic mass is 10.2. The second-order valence-corrected chi connectivity index (χ2v) is 4.26. The highest BCUT2D eigenvalue weighted by molar-refractivity contribution is 5.40. The van der Waals surface area contributed by atoms with Crippen LogP contribution < -0.4 is 14.8 Å². The third-order valence-corrected chi connectivity index (χ3v) is 2.48. The fourth-order valence-electron chi connectivity index (χ4n) is 1.44. The van der Waals surface area contributed by atoms with E-state index in [0.29, 0.717) is 12.6 Å². The van der Waals surface area contributed by atoms with Crippen molar-refractivity contribution in [2.75, 3.05) is 20.5 Å². The van der Waals surface area contributed by atoms with Crippen LogP contribution in [0.15, 0.2) is 18.2 Å². The Kier molecular flexibility index (Phi) is 6.54. The first-order valence-corrected chi connectivity index (χ1v) is 6.28. The molecule has 1 rings (SSSR count). The molecule has 0 spiro atoms. The molecule has 4 heteroatoms. The molecule has 0 saturated heterocycles. The zero-order valence-corrected chi connectivity index (χ0v) is 11.7. The van der Waals surface area contributed by atoms with Crippen molar-refractivity contribution in [3.63, 3.8) is 0 Å². The minimum atomic E-state index is 0.262. The number of ether oxygens (including phenoxy) is 3. The lowest BCUT2D eigenvalue weighted by molar-refractivity contribution is 0.0216. The Morgan fingerprint density at radius 1 is 1.28 bits per heavy atom. The Morgan fingerprint density at radius 3 is 2.67 bits per heavy atom. The lowest BCUT2D eigenvalue weighted by Gasteiger charge is -2.14. The minimum absolute atomic E-state index is 0.262. The molecule has 1 N–H and O–H groups in total. The molecule has 1 aromatic rings. The molecule has 0 bridgehead atoms. The largest absolute Gasteiger partial charge is 0.497 e. The number of benzene rings is 1. The molecule has 1 aromatic carbocycles. The highest BCUT2D eigenvalue weighted by Crippen LogP contribution is 2.25. The normalized spacial score (nSPS) is 10.7. The van der Waals surface area contributed by atoms with E-state index in [1.54, 1.807) is 7.11 Å². The maximum atomic E-state index is 5.61. The fourth-order valence-corrected chi connectivity index (χ4v) is 1.44. The average Bonchev–Trinajstić information content (AvgIpc) is 2.37. The van der Waals surface area contributed by atoms with Gasteiger partial charge in [0.25, 0.3) is 0 Å². The van der Waals surface area contributed by atoms with E-state index in [1.807, 2.05) is 25.1 Å². The van der Waals surface area contributed by atoms with Crippen LogP contribution in [-0.4, -0.2) is 26.6 Å². The predicted octanol–water partition coefficient (Wildman–Crippen LogP) is 2.57. The second-order valence-electron chi connectivity index (χ2n) is 4.26. The monoisotopic (exact) mass is 253 g/mol. The van der Waals surface area contributed by atoms with Crippen LogP contribution in [0.5, 0.6) is 11.5 Å². The van der Waals surface area contributed by atoms with Gasteiger partial charge in [-0.25, -0.2) is 0 Å². The first-order chi connectivity index (χ1) is 8.67. The van der Waals surface area contributed by atoms with Crippen molar-refractivity contribution in [1.82, 2.24) is 5.32 Å². The highest BCUT2D eigenvalue weighted by atomic mass is 16.7. The molecule has 0 aromatic heterocycles. The summed E-state index contributed by atoms with van der Waals surface area (Å²) in [5.41, 5.74) is 1.10. The van der Waals surface area contributed by atoms with Crippen LogP contribution in [0.2, 0.25) is 0 Å². The van der Waals surface area contributed by atoms with E-state index in [-0.39, 0.29) is 6.79 Å². The zero-order valence-electron chi connectivity index (χ0n) is 11.7. The quantitative estimate of drug-likeness (QED) is 0.571. The topological polar surface area (TPSA) is 39.7 Å². The summed E-state index contributed by atoms with van der Waals surface area (Å²) in [6, 6.07) is 6.27. The van der Waals surface area contributed by atoms with Gasteiger partial charge in [-0.1, -0.05) is 19.9 Å². The van der Waals surface area contributed by atoms with Gasteiger partial charge in [-0.15, -0.1) is 0 Å². The molecule has 0 amide bonds. The molecule has 0 saturated carbocycles. The van der Waals surface area contributed by atoms with E-state index in [2.05, 4.69) is 19.2 Å². The van der Waals surface area contributed by atoms with Gasteiger partial charge in [-0.3, -0.25) is 0 Å². The molecule has 0 fully saturated rings. The van der Waals surface area contributed by atoms with Crippen molar-refractivity contribution in [3.8, 4) is 11.5 Å². The second kappa shape index (κ2) is 7.95. The summed E-state index contributed by atoms with van der Waals surface area (Å²) in [5, 5.41) is 3.37. The summed E-state index contributed by atoms with van der Waals surface area (Å²) in [7, 11) is 1.65. The van der Waals surface area contributed by atoms with Crippen LogP contribution in [0.1, 0.15) is 26.3 Å².